The van der Waals surface area contributed by atoms with Crippen LogP contribution in [0.15, 0.2) is 12.7 Å². The molecule has 0 aromatic carbocycles. The SMILES string of the molecule is C=CCOC(=O)C(CC(=O)OCCCCCCCCCCCC)S(=O)(=O)O.[H-].[Na+]. The fourth-order valence-electron chi connectivity index (χ4n) is 2.53. The second-order valence-corrected chi connectivity index (χ2v) is 8.13. The van der Waals surface area contributed by atoms with Gasteiger partial charge in [-0.25, -0.2) is 0 Å². The Hall–Kier alpha value is -0.410. The molecule has 0 fully saturated rings. The first-order valence-electron chi connectivity index (χ1n) is 9.72. The normalized spacial score (nSPS) is 11.9. The van der Waals surface area contributed by atoms with Crippen LogP contribution < -0.4 is 29.6 Å². The number of rotatable bonds is 17. The maximum atomic E-state index is 11.7. The Morgan fingerprint density at radius 2 is 1.50 bits per heavy atom. The molecule has 0 radical (unpaired) electrons. The zero-order chi connectivity index (χ0) is 20.5. The van der Waals surface area contributed by atoms with E-state index in [9.17, 15) is 18.0 Å². The summed E-state index contributed by atoms with van der Waals surface area (Å²) in [5.74, 6) is -2.06. The van der Waals surface area contributed by atoms with Gasteiger partial charge in [0, 0.05) is 0 Å². The molecule has 1 unspecified atom stereocenters. The summed E-state index contributed by atoms with van der Waals surface area (Å²) in [6, 6.07) is 0. The molecule has 0 spiro atoms. The van der Waals surface area contributed by atoms with Crippen molar-refractivity contribution in [3.63, 3.8) is 0 Å². The molecule has 0 aliphatic rings. The molecule has 0 amide bonds. The van der Waals surface area contributed by atoms with Crippen LogP contribution in [0.3, 0.4) is 0 Å². The summed E-state index contributed by atoms with van der Waals surface area (Å²) < 4.78 is 41.1. The number of unbranched alkanes of at least 4 members (excludes halogenated alkanes) is 9. The van der Waals surface area contributed by atoms with E-state index >= 15 is 0 Å². The van der Waals surface area contributed by atoms with Crippen molar-refractivity contribution in [2.45, 2.75) is 82.8 Å². The van der Waals surface area contributed by atoms with Crippen molar-refractivity contribution >= 4 is 22.1 Å². The summed E-state index contributed by atoms with van der Waals surface area (Å²) in [7, 11) is -4.75. The maximum Gasteiger partial charge on any atom is 1.00 e. The van der Waals surface area contributed by atoms with Gasteiger partial charge in [-0.1, -0.05) is 77.4 Å². The molecule has 0 bridgehead atoms. The molecule has 160 valence electrons. The number of esters is 2. The number of ether oxygens (including phenoxy) is 2. The van der Waals surface area contributed by atoms with Gasteiger partial charge >= 0.3 is 41.5 Å². The summed E-state index contributed by atoms with van der Waals surface area (Å²) >= 11 is 0. The fraction of sp³-hybridized carbons (Fsp3) is 0.789. The second-order valence-electron chi connectivity index (χ2n) is 6.53. The average Bonchev–Trinajstić information content (AvgIpc) is 2.61. The molecule has 1 N–H and O–H groups in total. The summed E-state index contributed by atoms with van der Waals surface area (Å²) in [5, 5.41) is -1.97. The van der Waals surface area contributed by atoms with Gasteiger partial charge in [0.25, 0.3) is 10.1 Å². The van der Waals surface area contributed by atoms with E-state index in [4.69, 9.17) is 9.29 Å². The molecule has 0 aromatic rings. The van der Waals surface area contributed by atoms with Crippen LogP contribution in [0.2, 0.25) is 0 Å². The minimum atomic E-state index is -4.75. The van der Waals surface area contributed by atoms with Crippen molar-refractivity contribution in [3.05, 3.63) is 12.7 Å². The molecule has 1 atom stereocenters. The van der Waals surface area contributed by atoms with Crippen molar-refractivity contribution in [2.24, 2.45) is 0 Å². The maximum absolute atomic E-state index is 11.7. The molecule has 0 aromatic heterocycles. The Morgan fingerprint density at radius 3 is 1.96 bits per heavy atom. The minimum absolute atomic E-state index is 0. The monoisotopic (exact) mass is 430 g/mol. The molecule has 28 heavy (non-hydrogen) atoms. The van der Waals surface area contributed by atoms with Crippen LogP contribution in [-0.4, -0.2) is 43.4 Å². The summed E-state index contributed by atoms with van der Waals surface area (Å²) in [5.41, 5.74) is 0. The Kier molecular flexibility index (Phi) is 19.8. The Labute approximate surface area is 193 Å². The van der Waals surface area contributed by atoms with E-state index < -0.39 is 33.7 Å². The zero-order valence-corrected chi connectivity index (χ0v) is 20.2. The van der Waals surface area contributed by atoms with Gasteiger partial charge in [-0.2, -0.15) is 8.42 Å². The van der Waals surface area contributed by atoms with Gasteiger partial charge < -0.3 is 10.9 Å². The smallest absolute Gasteiger partial charge is 1.00 e. The fourth-order valence-corrected chi connectivity index (χ4v) is 3.19. The molecular weight excluding hydrogens is 395 g/mol. The van der Waals surface area contributed by atoms with E-state index in [1.165, 1.54) is 44.6 Å². The van der Waals surface area contributed by atoms with Gasteiger partial charge in [-0.05, 0) is 6.42 Å². The quantitative estimate of drug-likeness (QED) is 0.120. The van der Waals surface area contributed by atoms with Gasteiger partial charge in [0.15, 0.2) is 5.25 Å². The Morgan fingerprint density at radius 1 is 1.00 bits per heavy atom. The molecule has 0 heterocycles. The van der Waals surface area contributed by atoms with Crippen LogP contribution in [-0.2, 0) is 29.2 Å². The van der Waals surface area contributed by atoms with E-state index in [1.807, 2.05) is 0 Å². The molecule has 0 saturated heterocycles. The van der Waals surface area contributed by atoms with E-state index in [2.05, 4.69) is 18.2 Å². The van der Waals surface area contributed by atoms with Gasteiger partial charge in [0.2, 0.25) is 0 Å². The molecule has 0 rings (SSSR count). The zero-order valence-electron chi connectivity index (χ0n) is 18.4. The predicted octanol–water partition coefficient (Wildman–Crippen LogP) is 0.943. The van der Waals surface area contributed by atoms with Crippen molar-refractivity contribution in [1.82, 2.24) is 0 Å². The first-order valence-corrected chi connectivity index (χ1v) is 11.2. The van der Waals surface area contributed by atoms with Crippen molar-refractivity contribution in [1.29, 1.82) is 0 Å². The van der Waals surface area contributed by atoms with Crippen LogP contribution >= 0.6 is 0 Å². The largest absolute Gasteiger partial charge is 1.00 e. The molecule has 0 aliphatic heterocycles. The summed E-state index contributed by atoms with van der Waals surface area (Å²) in [6.45, 7) is 5.48. The predicted molar refractivity (Wildman–Crippen MR) is 105 cm³/mol. The molecule has 0 saturated carbocycles. The Balaban J connectivity index is -0.00000338. The summed E-state index contributed by atoms with van der Waals surface area (Å²) in [6.07, 6.45) is 11.9. The third kappa shape index (κ3) is 16.5. The van der Waals surface area contributed by atoms with Gasteiger partial charge in [-0.3, -0.25) is 14.1 Å². The molecule has 7 nitrogen and oxygen atoms in total. The van der Waals surface area contributed by atoms with Crippen molar-refractivity contribution < 1.29 is 63.0 Å². The number of hydrogen-bond donors (Lipinski definition) is 1. The first-order chi connectivity index (χ1) is 12.8. The van der Waals surface area contributed by atoms with Gasteiger partial charge in [0.1, 0.15) is 6.61 Å². The van der Waals surface area contributed by atoms with E-state index in [0.29, 0.717) is 6.42 Å². The van der Waals surface area contributed by atoms with Gasteiger partial charge in [0.05, 0.1) is 13.0 Å². The van der Waals surface area contributed by atoms with Crippen molar-refractivity contribution in [3.8, 4) is 0 Å². The van der Waals surface area contributed by atoms with Crippen LogP contribution in [0.25, 0.3) is 0 Å². The number of hydrogen-bond acceptors (Lipinski definition) is 6. The molecule has 9 heteroatoms. The topological polar surface area (TPSA) is 107 Å². The van der Waals surface area contributed by atoms with Crippen LogP contribution in [0, 0.1) is 0 Å². The standard InChI is InChI=1S/C19H34O7S.Na.H/c1-3-5-6-7-8-9-10-11-12-13-15-25-18(20)16-17(27(22,23)24)19(21)26-14-4-2;;/h4,17H,2-3,5-16H2,1H3,(H,22,23,24);;/q;+1;-1. The summed E-state index contributed by atoms with van der Waals surface area (Å²) in [4.78, 5) is 23.3. The molecular formula is C19H35NaO7S. The van der Waals surface area contributed by atoms with E-state index in [-0.39, 0.29) is 44.2 Å². The van der Waals surface area contributed by atoms with Crippen molar-refractivity contribution in [2.75, 3.05) is 13.2 Å². The van der Waals surface area contributed by atoms with E-state index in [1.54, 1.807) is 0 Å². The number of carbonyl (C=O) groups excluding carboxylic acids is 2. The Bertz CT molecular complexity index is 541. The second kappa shape index (κ2) is 18.6. The van der Waals surface area contributed by atoms with Crippen LogP contribution in [0.4, 0.5) is 0 Å². The van der Waals surface area contributed by atoms with Crippen LogP contribution in [0.1, 0.15) is 79.0 Å². The third-order valence-corrected chi connectivity index (χ3v) is 5.16. The third-order valence-electron chi connectivity index (χ3n) is 4.08. The first kappa shape index (κ1) is 29.8. The van der Waals surface area contributed by atoms with Crippen LogP contribution in [0.5, 0.6) is 0 Å². The number of carbonyl (C=O) groups is 2. The van der Waals surface area contributed by atoms with E-state index in [0.717, 1.165) is 19.3 Å². The van der Waals surface area contributed by atoms with Gasteiger partial charge in [-0.15, -0.1) is 0 Å². The average molecular weight is 431 g/mol. The molecule has 0 aliphatic carbocycles. The minimum Gasteiger partial charge on any atom is -1.00 e.